The number of hydrogen-bond acceptors (Lipinski definition) is 0. The molecule has 0 saturated carbocycles. The standard InChI is InChI=1S/C30H37.C13H10.2ClH.Zr/c1-9-20-17-23(28(3,4)5)18-22-19-25-24(26(20)22)15-16-30(10-2,29(6,7)8)27(25)21-13-11-12-14-21;1-3-7-12(8-4-1)11-13-9-5-2-6-10-13;;;/h11-13,15-18H,9-10,14H2,1-8H3;1-10H;2*1H;/q;;;;+2/p-2. The van der Waals surface area contributed by atoms with Crippen LogP contribution in [0.2, 0.25) is 0 Å². The molecule has 237 valence electrons. The molecule has 0 fully saturated rings. The SMILES string of the molecule is CCc1cc(C(C)(C)C)cc2c1=C1C=CC(CC)(C(C)(C)C)C(C3=CC=CC3)=C1[C]=2[Zr+2]=[C](c1ccccc1)c1ccccc1.[Cl-].[Cl-]. The van der Waals surface area contributed by atoms with Crippen LogP contribution in [0.1, 0.15) is 90.5 Å². The van der Waals surface area contributed by atoms with Gasteiger partial charge in [-0.1, -0.05) is 0 Å². The van der Waals surface area contributed by atoms with Gasteiger partial charge in [0, 0.05) is 0 Å². The molecule has 6 rings (SSSR count). The molecule has 3 aliphatic carbocycles. The molecule has 0 nitrogen and oxygen atoms in total. The molecule has 1 unspecified atom stereocenters. The number of rotatable bonds is 6. The van der Waals surface area contributed by atoms with Crippen molar-refractivity contribution in [2.75, 3.05) is 0 Å². The van der Waals surface area contributed by atoms with E-state index in [9.17, 15) is 0 Å². The van der Waals surface area contributed by atoms with Crippen LogP contribution in [0, 0.1) is 10.8 Å². The summed E-state index contributed by atoms with van der Waals surface area (Å²) in [6.07, 6.45) is 15.4. The summed E-state index contributed by atoms with van der Waals surface area (Å²) < 4.78 is 3.23. The van der Waals surface area contributed by atoms with E-state index in [0.717, 1.165) is 19.3 Å². The van der Waals surface area contributed by atoms with Crippen LogP contribution in [0.3, 0.4) is 0 Å². The van der Waals surface area contributed by atoms with E-state index in [2.05, 4.69) is 159 Å². The topological polar surface area (TPSA) is 0 Å². The Kier molecular flexibility index (Phi) is 11.2. The predicted molar refractivity (Wildman–Crippen MR) is 187 cm³/mol. The van der Waals surface area contributed by atoms with E-state index in [1.807, 2.05) is 0 Å². The Bertz CT molecular complexity index is 1850. The van der Waals surface area contributed by atoms with E-state index in [4.69, 9.17) is 0 Å². The summed E-state index contributed by atoms with van der Waals surface area (Å²) >= 11 is -1.35. The second kappa shape index (κ2) is 14.0. The van der Waals surface area contributed by atoms with Gasteiger partial charge in [-0.25, -0.2) is 0 Å². The van der Waals surface area contributed by atoms with Crippen LogP contribution in [-0.4, -0.2) is 3.21 Å². The number of aryl methyl sites for hydroxylation is 1. The van der Waals surface area contributed by atoms with Crippen LogP contribution >= 0.6 is 0 Å². The van der Waals surface area contributed by atoms with Gasteiger partial charge in [-0.2, -0.15) is 0 Å². The molecule has 3 aromatic carbocycles. The zero-order valence-corrected chi connectivity index (χ0v) is 32.7. The van der Waals surface area contributed by atoms with E-state index in [0.29, 0.717) is 0 Å². The zero-order valence-electron chi connectivity index (χ0n) is 28.7. The third kappa shape index (κ3) is 6.30. The molecule has 0 heterocycles. The fourth-order valence-electron chi connectivity index (χ4n) is 7.59. The van der Waals surface area contributed by atoms with Crippen molar-refractivity contribution in [3.05, 3.63) is 153 Å². The second-order valence-electron chi connectivity index (χ2n) is 14.7. The van der Waals surface area contributed by atoms with Gasteiger partial charge < -0.3 is 24.8 Å². The molecule has 0 aliphatic heterocycles. The third-order valence-corrected chi connectivity index (χ3v) is 14.0. The van der Waals surface area contributed by atoms with Crippen LogP contribution in [0.5, 0.6) is 0 Å². The minimum atomic E-state index is -1.35. The maximum absolute atomic E-state index is 2.61. The smallest absolute Gasteiger partial charge is 1.00 e. The summed E-state index contributed by atoms with van der Waals surface area (Å²) in [5, 5.41) is 3.02. The summed E-state index contributed by atoms with van der Waals surface area (Å²) in [6.45, 7) is 19.2. The van der Waals surface area contributed by atoms with Crippen molar-refractivity contribution in [2.45, 2.75) is 80.1 Å². The van der Waals surface area contributed by atoms with Gasteiger partial charge in [-0.05, 0) is 0 Å². The summed E-state index contributed by atoms with van der Waals surface area (Å²) in [7, 11) is 0. The summed E-state index contributed by atoms with van der Waals surface area (Å²) in [4.78, 5) is 0. The molecule has 3 aliphatic rings. The number of allylic oxidation sites excluding steroid dienone is 8. The maximum Gasteiger partial charge on any atom is -1.00 e. The predicted octanol–water partition coefficient (Wildman–Crippen LogP) is 3.37. The monoisotopic (exact) mass is 723 g/mol. The molecule has 0 aromatic heterocycles. The van der Waals surface area contributed by atoms with Gasteiger partial charge in [-0.15, -0.1) is 0 Å². The van der Waals surface area contributed by atoms with E-state index in [-0.39, 0.29) is 41.1 Å². The molecule has 0 saturated heterocycles. The van der Waals surface area contributed by atoms with Crippen molar-refractivity contribution in [2.24, 2.45) is 10.8 Å². The molecule has 0 radical (unpaired) electrons. The Balaban J connectivity index is 0.00000240. The molecule has 0 bridgehead atoms. The van der Waals surface area contributed by atoms with Crippen molar-refractivity contribution in [3.8, 4) is 0 Å². The Labute approximate surface area is 301 Å². The summed E-state index contributed by atoms with van der Waals surface area (Å²) in [5.74, 6) is 0. The first kappa shape index (κ1) is 36.5. The third-order valence-electron chi connectivity index (χ3n) is 10.1. The van der Waals surface area contributed by atoms with Gasteiger partial charge in [-0.3, -0.25) is 0 Å². The molecular weight excluding hydrogens is 679 g/mol. The van der Waals surface area contributed by atoms with Crippen molar-refractivity contribution in [1.82, 2.24) is 0 Å². The van der Waals surface area contributed by atoms with Crippen molar-refractivity contribution >= 4 is 12.1 Å². The van der Waals surface area contributed by atoms with Gasteiger partial charge in [0.2, 0.25) is 0 Å². The molecular formula is C43H47Cl2Zr. The second-order valence-corrected chi connectivity index (χ2v) is 17.7. The normalized spacial score (nSPS) is 18.4. The molecule has 3 heteroatoms. The minimum absolute atomic E-state index is 0. The van der Waals surface area contributed by atoms with E-state index in [1.54, 1.807) is 17.6 Å². The Morgan fingerprint density at radius 1 is 0.826 bits per heavy atom. The number of halogens is 2. The Morgan fingerprint density at radius 3 is 1.91 bits per heavy atom. The molecule has 46 heavy (non-hydrogen) atoms. The van der Waals surface area contributed by atoms with Gasteiger partial charge in [0.25, 0.3) is 0 Å². The van der Waals surface area contributed by atoms with Crippen molar-refractivity contribution in [3.63, 3.8) is 0 Å². The van der Waals surface area contributed by atoms with Crippen LogP contribution in [0.4, 0.5) is 0 Å². The first-order valence-corrected chi connectivity index (χ1v) is 18.9. The van der Waals surface area contributed by atoms with Crippen molar-refractivity contribution in [1.29, 1.82) is 0 Å². The molecule has 1 atom stereocenters. The first-order valence-electron chi connectivity index (χ1n) is 16.5. The van der Waals surface area contributed by atoms with Gasteiger partial charge >= 0.3 is 278 Å². The van der Waals surface area contributed by atoms with Gasteiger partial charge in [0.15, 0.2) is 0 Å². The molecule has 0 spiro atoms. The molecule has 3 aromatic rings. The fourth-order valence-corrected chi connectivity index (χ4v) is 11.5. The average Bonchev–Trinajstić information content (AvgIpc) is 3.65. The molecule has 0 amide bonds. The number of hydrogen-bond donors (Lipinski definition) is 0. The Morgan fingerprint density at radius 2 is 1.43 bits per heavy atom. The maximum atomic E-state index is 2.61. The van der Waals surface area contributed by atoms with Gasteiger partial charge in [0.1, 0.15) is 0 Å². The van der Waals surface area contributed by atoms with E-state index >= 15 is 0 Å². The molecule has 0 N–H and O–H groups in total. The zero-order chi connectivity index (χ0) is 31.3. The van der Waals surface area contributed by atoms with Crippen LogP contribution in [-0.2, 0) is 34.6 Å². The fraction of sp³-hybridized carbons (Fsp3) is 0.326. The first-order chi connectivity index (χ1) is 21.0. The largest absolute Gasteiger partial charge is 1.00 e. The van der Waals surface area contributed by atoms with E-state index in [1.165, 1.54) is 43.8 Å². The quantitative estimate of drug-likeness (QED) is 0.366. The van der Waals surface area contributed by atoms with Crippen LogP contribution in [0.25, 0.3) is 8.85 Å². The minimum Gasteiger partial charge on any atom is -1.00 e. The van der Waals surface area contributed by atoms with E-state index < -0.39 is 22.8 Å². The van der Waals surface area contributed by atoms with Gasteiger partial charge in [0.05, 0.1) is 0 Å². The van der Waals surface area contributed by atoms with Crippen LogP contribution in [0.15, 0.2) is 120 Å². The summed E-state index contributed by atoms with van der Waals surface area (Å²) in [6, 6.07) is 27.6. The number of benzene rings is 3. The number of fused-ring (bicyclic) bond motifs is 2. The summed E-state index contributed by atoms with van der Waals surface area (Å²) in [5.41, 5.74) is 12.0. The Hall–Kier alpha value is -2.31. The van der Waals surface area contributed by atoms with Crippen LogP contribution < -0.4 is 35.3 Å². The van der Waals surface area contributed by atoms with Crippen molar-refractivity contribution < 1.29 is 47.6 Å². The average molecular weight is 726 g/mol.